The first-order valence-electron chi connectivity index (χ1n) is 6.34. The molecule has 1 aromatic rings. The maximum atomic E-state index is 3.44. The minimum atomic E-state index is 0.587. The minimum absolute atomic E-state index is 0.587. The SMILES string of the molecule is CCCC(NC)C(C)c1ccc(C)c(C)c1. The zero-order valence-corrected chi connectivity index (χ0v) is 11.3. The van der Waals surface area contributed by atoms with Crippen LogP contribution >= 0.6 is 0 Å². The molecule has 0 spiro atoms. The van der Waals surface area contributed by atoms with Crippen LogP contribution in [0.15, 0.2) is 18.2 Å². The summed E-state index contributed by atoms with van der Waals surface area (Å²) in [6.45, 7) is 8.93. The van der Waals surface area contributed by atoms with E-state index in [1.165, 1.54) is 29.5 Å². The van der Waals surface area contributed by atoms with E-state index in [1.54, 1.807) is 0 Å². The molecule has 0 saturated heterocycles. The first-order chi connectivity index (χ1) is 7.60. The Morgan fingerprint density at radius 2 is 1.88 bits per heavy atom. The Labute approximate surface area is 100 Å². The van der Waals surface area contributed by atoms with Crippen molar-refractivity contribution in [2.24, 2.45) is 0 Å². The summed E-state index contributed by atoms with van der Waals surface area (Å²) < 4.78 is 0. The number of benzene rings is 1. The topological polar surface area (TPSA) is 12.0 Å². The van der Waals surface area contributed by atoms with Crippen molar-refractivity contribution in [3.63, 3.8) is 0 Å². The summed E-state index contributed by atoms with van der Waals surface area (Å²) in [7, 11) is 2.07. The van der Waals surface area contributed by atoms with Crippen LogP contribution in [0.2, 0.25) is 0 Å². The zero-order valence-electron chi connectivity index (χ0n) is 11.3. The molecule has 0 aliphatic rings. The van der Waals surface area contributed by atoms with Crippen LogP contribution in [-0.2, 0) is 0 Å². The van der Waals surface area contributed by atoms with Gasteiger partial charge in [0.2, 0.25) is 0 Å². The highest BCUT2D eigenvalue weighted by Crippen LogP contribution is 2.23. The van der Waals surface area contributed by atoms with Gasteiger partial charge in [0.05, 0.1) is 0 Å². The molecule has 0 bridgehead atoms. The van der Waals surface area contributed by atoms with Gasteiger partial charge >= 0.3 is 0 Å². The summed E-state index contributed by atoms with van der Waals surface area (Å²) in [4.78, 5) is 0. The maximum absolute atomic E-state index is 3.44. The third-order valence-corrected chi connectivity index (χ3v) is 3.63. The van der Waals surface area contributed by atoms with Crippen molar-refractivity contribution in [2.45, 2.75) is 52.5 Å². The Morgan fingerprint density at radius 1 is 1.19 bits per heavy atom. The van der Waals surface area contributed by atoms with Gasteiger partial charge in [-0.25, -0.2) is 0 Å². The molecular weight excluding hydrogens is 194 g/mol. The van der Waals surface area contributed by atoms with Crippen LogP contribution in [0.4, 0.5) is 0 Å². The second-order valence-corrected chi connectivity index (χ2v) is 4.82. The molecule has 1 nitrogen and oxygen atoms in total. The Bertz CT molecular complexity index is 330. The van der Waals surface area contributed by atoms with Crippen molar-refractivity contribution in [1.29, 1.82) is 0 Å². The highest BCUT2D eigenvalue weighted by Gasteiger charge is 2.16. The molecule has 16 heavy (non-hydrogen) atoms. The molecule has 1 heteroatoms. The summed E-state index contributed by atoms with van der Waals surface area (Å²) in [5.74, 6) is 0.587. The van der Waals surface area contributed by atoms with Crippen LogP contribution in [0.25, 0.3) is 0 Å². The Morgan fingerprint density at radius 3 is 2.38 bits per heavy atom. The second-order valence-electron chi connectivity index (χ2n) is 4.82. The molecule has 0 heterocycles. The van der Waals surface area contributed by atoms with Gasteiger partial charge in [-0.3, -0.25) is 0 Å². The van der Waals surface area contributed by atoms with E-state index in [4.69, 9.17) is 0 Å². The van der Waals surface area contributed by atoms with Gasteiger partial charge < -0.3 is 5.32 Å². The Kier molecular flexibility index (Phi) is 5.01. The lowest BCUT2D eigenvalue weighted by atomic mass is 9.89. The average molecular weight is 219 g/mol. The van der Waals surface area contributed by atoms with Gasteiger partial charge in [-0.2, -0.15) is 0 Å². The van der Waals surface area contributed by atoms with E-state index in [2.05, 4.69) is 58.3 Å². The van der Waals surface area contributed by atoms with E-state index in [0.29, 0.717) is 12.0 Å². The number of hydrogen-bond donors (Lipinski definition) is 1. The standard InChI is InChI=1S/C15H25N/c1-6-7-15(16-5)13(4)14-9-8-11(2)12(3)10-14/h8-10,13,15-16H,6-7H2,1-5H3. The molecule has 0 radical (unpaired) electrons. The highest BCUT2D eigenvalue weighted by molar-refractivity contribution is 5.32. The van der Waals surface area contributed by atoms with Crippen LogP contribution in [-0.4, -0.2) is 13.1 Å². The number of hydrogen-bond acceptors (Lipinski definition) is 1. The van der Waals surface area contributed by atoms with Crippen molar-refractivity contribution >= 4 is 0 Å². The number of rotatable bonds is 5. The van der Waals surface area contributed by atoms with Crippen LogP contribution in [0.1, 0.15) is 49.3 Å². The third kappa shape index (κ3) is 3.08. The number of nitrogens with one attached hydrogen (secondary N) is 1. The molecule has 1 aromatic carbocycles. The summed E-state index contributed by atoms with van der Waals surface area (Å²) in [5, 5.41) is 3.44. The smallest absolute Gasteiger partial charge is 0.0130 e. The Balaban J connectivity index is 2.85. The molecule has 0 aliphatic heterocycles. The molecule has 0 aliphatic carbocycles. The second kappa shape index (κ2) is 6.05. The first-order valence-corrected chi connectivity index (χ1v) is 6.34. The molecule has 1 N–H and O–H groups in total. The number of likely N-dealkylation sites (N-methyl/N-ethyl adjacent to an activating group) is 1. The highest BCUT2D eigenvalue weighted by atomic mass is 14.9. The lowest BCUT2D eigenvalue weighted by molar-refractivity contribution is 0.451. The van der Waals surface area contributed by atoms with Crippen molar-refractivity contribution in [3.05, 3.63) is 34.9 Å². The van der Waals surface area contributed by atoms with Crippen molar-refractivity contribution in [2.75, 3.05) is 7.05 Å². The van der Waals surface area contributed by atoms with E-state index in [1.807, 2.05) is 0 Å². The molecular formula is C15H25N. The van der Waals surface area contributed by atoms with E-state index in [-0.39, 0.29) is 0 Å². The van der Waals surface area contributed by atoms with Gasteiger partial charge in [0.15, 0.2) is 0 Å². The fourth-order valence-corrected chi connectivity index (χ4v) is 2.24. The molecule has 2 atom stereocenters. The minimum Gasteiger partial charge on any atom is -0.316 e. The average Bonchev–Trinajstić information content (AvgIpc) is 2.28. The van der Waals surface area contributed by atoms with Gasteiger partial charge in [0, 0.05) is 6.04 Å². The predicted molar refractivity (Wildman–Crippen MR) is 72.1 cm³/mol. The number of aryl methyl sites for hydroxylation is 2. The molecule has 0 fully saturated rings. The lowest BCUT2D eigenvalue weighted by Crippen LogP contribution is -2.30. The molecule has 0 saturated carbocycles. The van der Waals surface area contributed by atoms with Crippen LogP contribution in [0.5, 0.6) is 0 Å². The predicted octanol–water partition coefficient (Wildman–Crippen LogP) is 3.80. The van der Waals surface area contributed by atoms with Gasteiger partial charge in [0.25, 0.3) is 0 Å². The summed E-state index contributed by atoms with van der Waals surface area (Å²) in [6, 6.07) is 7.43. The van der Waals surface area contributed by atoms with Gasteiger partial charge in [-0.05, 0) is 49.9 Å². The maximum Gasteiger partial charge on any atom is 0.0130 e. The molecule has 0 amide bonds. The fourth-order valence-electron chi connectivity index (χ4n) is 2.24. The van der Waals surface area contributed by atoms with Crippen LogP contribution in [0, 0.1) is 13.8 Å². The zero-order chi connectivity index (χ0) is 12.1. The largest absolute Gasteiger partial charge is 0.316 e. The molecule has 1 rings (SSSR count). The molecule has 0 aromatic heterocycles. The quantitative estimate of drug-likeness (QED) is 0.794. The Hall–Kier alpha value is -0.820. The van der Waals surface area contributed by atoms with Gasteiger partial charge in [-0.1, -0.05) is 38.5 Å². The first kappa shape index (κ1) is 13.2. The van der Waals surface area contributed by atoms with Crippen molar-refractivity contribution in [1.82, 2.24) is 5.32 Å². The lowest BCUT2D eigenvalue weighted by Gasteiger charge is -2.24. The van der Waals surface area contributed by atoms with Crippen molar-refractivity contribution < 1.29 is 0 Å². The summed E-state index contributed by atoms with van der Waals surface area (Å²) in [6.07, 6.45) is 2.48. The van der Waals surface area contributed by atoms with Crippen LogP contribution < -0.4 is 5.32 Å². The fraction of sp³-hybridized carbons (Fsp3) is 0.600. The van der Waals surface area contributed by atoms with E-state index < -0.39 is 0 Å². The van der Waals surface area contributed by atoms with E-state index in [9.17, 15) is 0 Å². The summed E-state index contributed by atoms with van der Waals surface area (Å²) in [5.41, 5.74) is 4.24. The molecule has 90 valence electrons. The normalized spacial score (nSPS) is 14.8. The molecule has 2 unspecified atom stereocenters. The third-order valence-electron chi connectivity index (χ3n) is 3.63. The van der Waals surface area contributed by atoms with E-state index >= 15 is 0 Å². The summed E-state index contributed by atoms with van der Waals surface area (Å²) >= 11 is 0. The van der Waals surface area contributed by atoms with Gasteiger partial charge in [-0.15, -0.1) is 0 Å². The monoisotopic (exact) mass is 219 g/mol. The van der Waals surface area contributed by atoms with Crippen LogP contribution in [0.3, 0.4) is 0 Å². The van der Waals surface area contributed by atoms with E-state index in [0.717, 1.165) is 0 Å². The van der Waals surface area contributed by atoms with Gasteiger partial charge in [0.1, 0.15) is 0 Å². The van der Waals surface area contributed by atoms with Crippen molar-refractivity contribution in [3.8, 4) is 0 Å².